The summed E-state index contributed by atoms with van der Waals surface area (Å²) in [5.74, 6) is 0.550. The Balaban J connectivity index is 1.37. The minimum Gasteiger partial charge on any atom is -0.496 e. The summed E-state index contributed by atoms with van der Waals surface area (Å²) in [6.45, 7) is 1.42. The van der Waals surface area contributed by atoms with E-state index in [9.17, 15) is 14.7 Å². The Labute approximate surface area is 243 Å². The van der Waals surface area contributed by atoms with Crippen LogP contribution in [0.4, 0.5) is 5.82 Å². The van der Waals surface area contributed by atoms with E-state index >= 15 is 0 Å². The number of benzene rings is 1. The van der Waals surface area contributed by atoms with Crippen molar-refractivity contribution < 1.29 is 24.2 Å². The second-order valence-corrected chi connectivity index (χ2v) is 11.0. The number of hydrogen-bond acceptors (Lipinski definition) is 9. The van der Waals surface area contributed by atoms with Crippen molar-refractivity contribution in [3.8, 4) is 28.1 Å². The molecule has 2 aliphatic heterocycles. The Bertz CT molecular complexity index is 1650. The minimum atomic E-state index is -0.494. The number of rotatable bonds is 8. The third-order valence-electron chi connectivity index (χ3n) is 8.56. The van der Waals surface area contributed by atoms with Crippen LogP contribution in [0.3, 0.4) is 0 Å². The molecular formula is C31H34N6O5. The number of aliphatic hydroxyl groups is 1. The first kappa shape index (κ1) is 27.8. The summed E-state index contributed by atoms with van der Waals surface area (Å²) in [6.07, 6.45) is 6.55. The Morgan fingerprint density at radius 1 is 1.07 bits per heavy atom. The van der Waals surface area contributed by atoms with Crippen LogP contribution < -0.4 is 10.5 Å². The van der Waals surface area contributed by atoms with Gasteiger partial charge in [0.25, 0.3) is 0 Å². The number of methoxy groups -OCH3 is 2. The number of hydrogen-bond donors (Lipinski definition) is 2. The van der Waals surface area contributed by atoms with Crippen LogP contribution in [0.5, 0.6) is 5.75 Å². The molecule has 2 unspecified atom stereocenters. The largest absolute Gasteiger partial charge is 0.496 e. The number of anilines is 1. The number of ketones is 1. The predicted octanol–water partition coefficient (Wildman–Crippen LogP) is 3.63. The third-order valence-corrected chi connectivity index (χ3v) is 8.56. The minimum absolute atomic E-state index is 0.0101. The average Bonchev–Trinajstić information content (AvgIpc) is 3.54. The second kappa shape index (κ2) is 11.1. The highest BCUT2D eigenvalue weighted by Gasteiger charge is 2.44. The fourth-order valence-electron chi connectivity index (χ4n) is 6.71. The number of pyridine rings is 1. The summed E-state index contributed by atoms with van der Waals surface area (Å²) >= 11 is 0. The van der Waals surface area contributed by atoms with Gasteiger partial charge in [0.2, 0.25) is 5.91 Å². The number of fused-ring (bicyclic) bond motifs is 3. The number of ether oxygens (including phenoxy) is 2. The molecule has 1 amide bonds. The zero-order valence-electron chi connectivity index (χ0n) is 23.9. The van der Waals surface area contributed by atoms with Gasteiger partial charge in [0.05, 0.1) is 36.9 Å². The number of aliphatic hydroxyl groups excluding tert-OH is 1. The van der Waals surface area contributed by atoms with E-state index in [1.807, 2.05) is 35.2 Å². The van der Waals surface area contributed by atoms with Crippen molar-refractivity contribution in [3.63, 3.8) is 0 Å². The van der Waals surface area contributed by atoms with Crippen molar-refractivity contribution in [2.24, 2.45) is 0 Å². The normalized spacial score (nSPS) is 19.8. The number of Topliss-reactive ketones (excluding diaryl/α,β-unsaturated/α-hetero) is 1. The van der Waals surface area contributed by atoms with Crippen molar-refractivity contribution in [2.45, 2.75) is 57.2 Å². The maximum atomic E-state index is 12.8. The Hall–Kier alpha value is -4.35. The van der Waals surface area contributed by atoms with Gasteiger partial charge in [-0.15, -0.1) is 0 Å². The van der Waals surface area contributed by atoms with Crippen LogP contribution in [0, 0.1) is 0 Å². The monoisotopic (exact) mass is 570 g/mol. The molecule has 2 bridgehead atoms. The Morgan fingerprint density at radius 3 is 2.43 bits per heavy atom. The summed E-state index contributed by atoms with van der Waals surface area (Å²) in [7, 11) is 3.28. The van der Waals surface area contributed by atoms with Crippen molar-refractivity contribution >= 4 is 23.2 Å². The lowest BCUT2D eigenvalue weighted by molar-refractivity contribution is -0.138. The maximum Gasteiger partial charge on any atom is 0.248 e. The van der Waals surface area contributed by atoms with Gasteiger partial charge in [-0.1, -0.05) is 6.07 Å². The topological polar surface area (TPSA) is 145 Å². The van der Waals surface area contributed by atoms with Gasteiger partial charge in [0.1, 0.15) is 18.2 Å². The molecule has 1 aromatic carbocycles. The molecule has 2 saturated heterocycles. The lowest BCUT2D eigenvalue weighted by Gasteiger charge is -2.39. The van der Waals surface area contributed by atoms with Crippen LogP contribution >= 0.6 is 0 Å². The summed E-state index contributed by atoms with van der Waals surface area (Å²) in [5, 5.41) is 14.0. The van der Waals surface area contributed by atoms with Crippen LogP contribution in [-0.4, -0.2) is 74.2 Å². The molecule has 2 fully saturated rings. The van der Waals surface area contributed by atoms with Gasteiger partial charge in [-0.05, 0) is 56.9 Å². The molecule has 0 aliphatic carbocycles. The highest BCUT2D eigenvalue weighted by molar-refractivity contribution is 6.00. The van der Waals surface area contributed by atoms with Crippen molar-refractivity contribution in [1.29, 1.82) is 0 Å². The Morgan fingerprint density at radius 2 is 1.81 bits per heavy atom. The van der Waals surface area contributed by atoms with Crippen LogP contribution in [0.25, 0.3) is 28.0 Å². The highest BCUT2D eigenvalue weighted by Crippen LogP contribution is 2.44. The van der Waals surface area contributed by atoms with Crippen LogP contribution in [0.2, 0.25) is 0 Å². The van der Waals surface area contributed by atoms with E-state index in [2.05, 4.69) is 5.10 Å². The molecule has 0 radical (unpaired) electrons. The molecule has 0 spiro atoms. The fraction of sp³-hybridized carbons (Fsp3) is 0.387. The first-order chi connectivity index (χ1) is 20.3. The van der Waals surface area contributed by atoms with Gasteiger partial charge < -0.3 is 25.2 Å². The van der Waals surface area contributed by atoms with Gasteiger partial charge in [-0.2, -0.15) is 9.61 Å². The third kappa shape index (κ3) is 4.68. The first-order valence-electron chi connectivity index (χ1n) is 14.1. The van der Waals surface area contributed by atoms with E-state index in [1.54, 1.807) is 26.6 Å². The molecule has 11 heteroatoms. The molecule has 2 atom stereocenters. The van der Waals surface area contributed by atoms with Gasteiger partial charge in [-0.25, -0.2) is 4.98 Å². The molecule has 5 heterocycles. The van der Waals surface area contributed by atoms with Gasteiger partial charge in [0, 0.05) is 53.6 Å². The number of nitrogen functional groups attached to an aromatic ring is 1. The number of piperidine rings is 1. The van der Waals surface area contributed by atoms with Gasteiger partial charge in [0.15, 0.2) is 11.4 Å². The maximum absolute atomic E-state index is 12.8. The molecule has 3 N–H and O–H groups in total. The molecule has 4 aromatic rings. The number of carbonyl (C=O) groups excluding carboxylic acids is 2. The summed E-state index contributed by atoms with van der Waals surface area (Å²) in [4.78, 5) is 36.8. The molecule has 3 aromatic heterocycles. The van der Waals surface area contributed by atoms with Gasteiger partial charge in [-0.3, -0.25) is 14.6 Å². The number of aromatic nitrogens is 4. The summed E-state index contributed by atoms with van der Waals surface area (Å²) in [5.41, 5.74) is 12.4. The van der Waals surface area contributed by atoms with Crippen molar-refractivity contribution in [3.05, 3.63) is 59.5 Å². The van der Waals surface area contributed by atoms with Crippen LogP contribution in [0.1, 0.15) is 60.1 Å². The molecule has 11 nitrogen and oxygen atoms in total. The lowest BCUT2D eigenvalue weighted by atomic mass is 9.85. The van der Waals surface area contributed by atoms with Gasteiger partial charge >= 0.3 is 0 Å². The van der Waals surface area contributed by atoms with E-state index in [-0.39, 0.29) is 35.5 Å². The SMILES string of the molecule is COCc1cc(-c2ccc(-c3cnn4c(N)c(C(C)=O)c(C5CC6CCC(C5)N6C(=O)CO)nc34)cn2)ccc1OC. The smallest absolute Gasteiger partial charge is 0.248 e. The fourth-order valence-corrected chi connectivity index (χ4v) is 6.71. The lowest BCUT2D eigenvalue weighted by Crippen LogP contribution is -2.47. The highest BCUT2D eigenvalue weighted by atomic mass is 16.5. The zero-order valence-corrected chi connectivity index (χ0v) is 23.9. The number of nitrogens with two attached hydrogens (primary N) is 1. The van der Waals surface area contributed by atoms with E-state index in [0.29, 0.717) is 36.4 Å². The standard InChI is InChI=1S/C31H34N6O5/c1-17(39)28-29(20-11-22-6-7-23(12-20)36(22)27(40)15-38)35-31-24(14-34-37(31)30(28)32)19-4-8-25(33-13-19)18-5-9-26(42-3)21(10-18)16-41-2/h4-5,8-10,13-14,20,22-23,38H,6-7,11-12,15-16,32H2,1-3H3. The predicted molar refractivity (Wildman–Crippen MR) is 156 cm³/mol. The van der Waals surface area contributed by atoms with Crippen molar-refractivity contribution in [1.82, 2.24) is 24.5 Å². The quantitative estimate of drug-likeness (QED) is 0.303. The number of amides is 1. The molecule has 2 aliphatic rings. The average molecular weight is 571 g/mol. The summed E-state index contributed by atoms with van der Waals surface area (Å²) < 4.78 is 12.3. The number of carbonyl (C=O) groups is 2. The zero-order chi connectivity index (χ0) is 29.5. The molecule has 218 valence electrons. The molecule has 0 saturated carbocycles. The van der Waals surface area contributed by atoms with E-state index < -0.39 is 6.61 Å². The summed E-state index contributed by atoms with van der Waals surface area (Å²) in [6, 6.07) is 9.80. The van der Waals surface area contributed by atoms with Crippen LogP contribution in [-0.2, 0) is 16.1 Å². The molecular weight excluding hydrogens is 536 g/mol. The molecule has 42 heavy (non-hydrogen) atoms. The van der Waals surface area contributed by atoms with E-state index in [0.717, 1.165) is 46.5 Å². The van der Waals surface area contributed by atoms with E-state index in [1.165, 1.54) is 11.4 Å². The Kier molecular flexibility index (Phi) is 7.38. The number of nitrogens with zero attached hydrogens (tertiary/aromatic N) is 5. The van der Waals surface area contributed by atoms with Crippen molar-refractivity contribution in [2.75, 3.05) is 26.6 Å². The molecule has 6 rings (SSSR count). The second-order valence-electron chi connectivity index (χ2n) is 11.0. The van der Waals surface area contributed by atoms with E-state index in [4.69, 9.17) is 25.2 Å². The van der Waals surface area contributed by atoms with Crippen LogP contribution in [0.15, 0.2) is 42.7 Å². The first-order valence-corrected chi connectivity index (χ1v) is 14.1.